The Labute approximate surface area is 107 Å². The number of carbonyl (C=O) groups is 1. The van der Waals surface area contributed by atoms with Crippen LogP contribution < -0.4 is 5.32 Å². The standard InChI is InChI=1S/C13H22F2N2O/c1-16-5-2-10-3-6-17(7-4-10)12(18)11-8-13(14,15)9-11/h10-11,16H,2-9H2,1H3. The van der Waals surface area contributed by atoms with Gasteiger partial charge >= 0.3 is 0 Å². The topological polar surface area (TPSA) is 32.3 Å². The van der Waals surface area contributed by atoms with Crippen LogP contribution in [0.25, 0.3) is 0 Å². The second-order valence-electron chi connectivity index (χ2n) is 5.62. The third-order valence-corrected chi connectivity index (χ3v) is 4.17. The number of alkyl halides is 2. The van der Waals surface area contributed by atoms with Gasteiger partial charge in [-0.2, -0.15) is 0 Å². The Morgan fingerprint density at radius 1 is 1.33 bits per heavy atom. The molecule has 0 radical (unpaired) electrons. The zero-order valence-electron chi connectivity index (χ0n) is 10.9. The first-order chi connectivity index (χ1) is 8.52. The zero-order chi connectivity index (χ0) is 13.2. The Kier molecular flexibility index (Phi) is 4.20. The number of carbonyl (C=O) groups excluding carboxylic acids is 1. The summed E-state index contributed by atoms with van der Waals surface area (Å²) in [6.07, 6.45) is 2.67. The molecule has 0 aromatic rings. The van der Waals surface area contributed by atoms with E-state index < -0.39 is 11.8 Å². The quantitative estimate of drug-likeness (QED) is 0.837. The highest BCUT2D eigenvalue weighted by Gasteiger charge is 2.49. The van der Waals surface area contributed by atoms with Crippen molar-refractivity contribution in [2.45, 2.75) is 38.0 Å². The maximum absolute atomic E-state index is 12.7. The van der Waals surface area contributed by atoms with E-state index in [0.717, 1.165) is 38.9 Å². The SMILES string of the molecule is CNCCC1CCN(C(=O)C2CC(F)(F)C2)CC1. The van der Waals surface area contributed by atoms with Gasteiger partial charge in [0.05, 0.1) is 0 Å². The maximum Gasteiger partial charge on any atom is 0.249 e. The van der Waals surface area contributed by atoms with E-state index in [9.17, 15) is 13.6 Å². The van der Waals surface area contributed by atoms with E-state index in [1.165, 1.54) is 0 Å². The van der Waals surface area contributed by atoms with Gasteiger partial charge in [0.15, 0.2) is 0 Å². The van der Waals surface area contributed by atoms with Crippen molar-refractivity contribution in [3.63, 3.8) is 0 Å². The van der Waals surface area contributed by atoms with Gasteiger partial charge in [0.2, 0.25) is 11.8 Å². The molecule has 1 aliphatic carbocycles. The number of rotatable bonds is 4. The van der Waals surface area contributed by atoms with Crippen LogP contribution >= 0.6 is 0 Å². The van der Waals surface area contributed by atoms with Gasteiger partial charge in [0.1, 0.15) is 0 Å². The molecular weight excluding hydrogens is 238 g/mol. The van der Waals surface area contributed by atoms with Crippen LogP contribution in [0.1, 0.15) is 32.1 Å². The van der Waals surface area contributed by atoms with Crippen LogP contribution in [0.3, 0.4) is 0 Å². The maximum atomic E-state index is 12.7. The summed E-state index contributed by atoms with van der Waals surface area (Å²) < 4.78 is 25.5. The summed E-state index contributed by atoms with van der Waals surface area (Å²) in [5.41, 5.74) is 0. The number of likely N-dealkylation sites (tertiary alicyclic amines) is 1. The minimum absolute atomic E-state index is 0.0482. The molecule has 1 N–H and O–H groups in total. The zero-order valence-corrected chi connectivity index (χ0v) is 10.9. The Hall–Kier alpha value is -0.710. The largest absolute Gasteiger partial charge is 0.342 e. The van der Waals surface area contributed by atoms with Gasteiger partial charge in [0, 0.05) is 31.8 Å². The molecule has 1 aliphatic heterocycles. The second kappa shape index (κ2) is 5.51. The molecule has 2 rings (SSSR count). The lowest BCUT2D eigenvalue weighted by atomic mass is 9.80. The van der Waals surface area contributed by atoms with Crippen molar-refractivity contribution in [1.82, 2.24) is 10.2 Å². The first-order valence-electron chi connectivity index (χ1n) is 6.83. The molecule has 1 saturated carbocycles. The van der Waals surface area contributed by atoms with Crippen LogP contribution in [-0.4, -0.2) is 43.4 Å². The van der Waals surface area contributed by atoms with Crippen LogP contribution in [0, 0.1) is 11.8 Å². The van der Waals surface area contributed by atoms with Crippen molar-refractivity contribution in [2.75, 3.05) is 26.7 Å². The monoisotopic (exact) mass is 260 g/mol. The lowest BCUT2D eigenvalue weighted by Crippen LogP contribution is -2.49. The van der Waals surface area contributed by atoms with E-state index in [-0.39, 0.29) is 18.7 Å². The number of hydrogen-bond acceptors (Lipinski definition) is 2. The fourth-order valence-corrected chi connectivity index (χ4v) is 2.88. The minimum Gasteiger partial charge on any atom is -0.342 e. The minimum atomic E-state index is -2.59. The van der Waals surface area contributed by atoms with E-state index >= 15 is 0 Å². The predicted octanol–water partition coefficient (Wildman–Crippen LogP) is 1.88. The Bertz CT molecular complexity index is 293. The molecule has 3 nitrogen and oxygen atoms in total. The van der Waals surface area contributed by atoms with Crippen LogP contribution in [-0.2, 0) is 4.79 Å². The summed E-state index contributed by atoms with van der Waals surface area (Å²) in [4.78, 5) is 13.8. The summed E-state index contributed by atoms with van der Waals surface area (Å²) in [6.45, 7) is 2.50. The van der Waals surface area contributed by atoms with Crippen LogP contribution in [0.4, 0.5) is 8.78 Å². The molecule has 2 fully saturated rings. The van der Waals surface area contributed by atoms with E-state index in [2.05, 4.69) is 5.32 Å². The van der Waals surface area contributed by atoms with Gasteiger partial charge in [-0.25, -0.2) is 8.78 Å². The molecule has 1 heterocycles. The average Bonchev–Trinajstić information content (AvgIpc) is 2.33. The predicted molar refractivity (Wildman–Crippen MR) is 65.5 cm³/mol. The van der Waals surface area contributed by atoms with Crippen molar-refractivity contribution in [3.8, 4) is 0 Å². The molecule has 104 valence electrons. The lowest BCUT2D eigenvalue weighted by Gasteiger charge is -2.39. The molecule has 1 saturated heterocycles. The van der Waals surface area contributed by atoms with Crippen molar-refractivity contribution >= 4 is 5.91 Å². The molecule has 1 amide bonds. The number of nitrogens with one attached hydrogen (secondary N) is 1. The molecule has 2 aliphatic rings. The highest BCUT2D eigenvalue weighted by molar-refractivity contribution is 5.80. The molecule has 18 heavy (non-hydrogen) atoms. The highest BCUT2D eigenvalue weighted by atomic mass is 19.3. The van der Waals surface area contributed by atoms with Crippen LogP contribution in [0.15, 0.2) is 0 Å². The Morgan fingerprint density at radius 2 is 1.94 bits per heavy atom. The second-order valence-corrected chi connectivity index (χ2v) is 5.62. The van der Waals surface area contributed by atoms with Crippen molar-refractivity contribution in [3.05, 3.63) is 0 Å². The first-order valence-corrected chi connectivity index (χ1v) is 6.83. The molecular formula is C13H22F2N2O. The van der Waals surface area contributed by atoms with E-state index in [1.807, 2.05) is 7.05 Å². The van der Waals surface area contributed by atoms with Crippen LogP contribution in [0.5, 0.6) is 0 Å². The summed E-state index contributed by atoms with van der Waals surface area (Å²) >= 11 is 0. The number of halogens is 2. The van der Waals surface area contributed by atoms with Gasteiger partial charge in [-0.3, -0.25) is 4.79 Å². The number of nitrogens with zero attached hydrogens (tertiary/aromatic N) is 1. The molecule has 0 unspecified atom stereocenters. The van der Waals surface area contributed by atoms with E-state index in [1.54, 1.807) is 4.90 Å². The van der Waals surface area contributed by atoms with Crippen LogP contribution in [0.2, 0.25) is 0 Å². The molecule has 5 heteroatoms. The number of piperidine rings is 1. The van der Waals surface area contributed by atoms with Gasteiger partial charge in [-0.05, 0) is 38.8 Å². The smallest absolute Gasteiger partial charge is 0.249 e. The first kappa shape index (κ1) is 13.7. The molecule has 0 spiro atoms. The third kappa shape index (κ3) is 3.19. The average molecular weight is 260 g/mol. The summed E-state index contributed by atoms with van der Waals surface area (Å²) in [7, 11) is 1.94. The molecule has 0 bridgehead atoms. The fraction of sp³-hybridized carbons (Fsp3) is 0.923. The van der Waals surface area contributed by atoms with Gasteiger partial charge in [-0.15, -0.1) is 0 Å². The van der Waals surface area contributed by atoms with Gasteiger partial charge in [0.25, 0.3) is 0 Å². The molecule has 0 atom stereocenters. The third-order valence-electron chi connectivity index (χ3n) is 4.17. The normalized spacial score (nSPS) is 24.9. The fourth-order valence-electron chi connectivity index (χ4n) is 2.88. The van der Waals surface area contributed by atoms with Gasteiger partial charge < -0.3 is 10.2 Å². The summed E-state index contributed by atoms with van der Waals surface area (Å²) in [5, 5.41) is 3.13. The Balaban J connectivity index is 1.71. The number of hydrogen-bond donors (Lipinski definition) is 1. The Morgan fingerprint density at radius 3 is 2.44 bits per heavy atom. The lowest BCUT2D eigenvalue weighted by molar-refractivity contribution is -0.161. The molecule has 0 aromatic carbocycles. The van der Waals surface area contributed by atoms with Crippen molar-refractivity contribution < 1.29 is 13.6 Å². The van der Waals surface area contributed by atoms with Crippen molar-refractivity contribution in [1.29, 1.82) is 0 Å². The molecule has 0 aromatic heterocycles. The van der Waals surface area contributed by atoms with E-state index in [0.29, 0.717) is 5.92 Å². The number of amides is 1. The highest BCUT2D eigenvalue weighted by Crippen LogP contribution is 2.43. The summed E-state index contributed by atoms with van der Waals surface area (Å²) in [5.74, 6) is -2.39. The van der Waals surface area contributed by atoms with Crippen molar-refractivity contribution in [2.24, 2.45) is 11.8 Å². The van der Waals surface area contributed by atoms with Gasteiger partial charge in [-0.1, -0.05) is 0 Å². The van der Waals surface area contributed by atoms with E-state index in [4.69, 9.17) is 0 Å². The summed E-state index contributed by atoms with van der Waals surface area (Å²) in [6, 6.07) is 0.